The van der Waals surface area contributed by atoms with E-state index in [2.05, 4.69) is 22.5 Å². The average molecular weight is 331 g/mol. The minimum atomic E-state index is -0.310. The Morgan fingerprint density at radius 2 is 2.04 bits per heavy atom. The summed E-state index contributed by atoms with van der Waals surface area (Å²) in [5.41, 5.74) is 1.01. The summed E-state index contributed by atoms with van der Waals surface area (Å²) in [6, 6.07) is 11.2. The summed E-state index contributed by atoms with van der Waals surface area (Å²) in [5.74, 6) is 0. The van der Waals surface area contributed by atoms with E-state index in [1.165, 1.54) is 19.4 Å². The highest BCUT2D eigenvalue weighted by Crippen LogP contribution is 2.22. The fraction of sp³-hybridized carbons (Fsp3) is 0.632. The maximum atomic E-state index is 11.8. The zero-order chi connectivity index (χ0) is 16.8. The number of carbonyl (C=O) groups excluding carboxylic acids is 1. The Hall–Kier alpha value is -1.59. The minimum Gasteiger partial charge on any atom is -0.445 e. The minimum absolute atomic E-state index is 0.247. The summed E-state index contributed by atoms with van der Waals surface area (Å²) < 4.78 is 5.26. The van der Waals surface area contributed by atoms with E-state index in [-0.39, 0.29) is 12.1 Å². The van der Waals surface area contributed by atoms with Crippen molar-refractivity contribution >= 4 is 6.09 Å². The standard InChI is InChI=1S/C19H29N3O2/c1-2-22-10-6-9-18(22)13-20-16-11-17(12-16)21-19(23)24-14-15-7-4-3-5-8-15/h3-5,7-8,16-18,20H,2,6,9-14H2,1H3,(H,21,23). The third kappa shape index (κ3) is 4.71. The number of amides is 1. The molecule has 1 aliphatic carbocycles. The van der Waals surface area contributed by atoms with Crippen LogP contribution in [0.15, 0.2) is 30.3 Å². The molecule has 1 amide bonds. The Morgan fingerprint density at radius 1 is 1.25 bits per heavy atom. The number of ether oxygens (including phenoxy) is 1. The van der Waals surface area contributed by atoms with Gasteiger partial charge in [0.2, 0.25) is 0 Å². The topological polar surface area (TPSA) is 53.6 Å². The fourth-order valence-electron chi connectivity index (χ4n) is 3.68. The van der Waals surface area contributed by atoms with Crippen molar-refractivity contribution in [2.75, 3.05) is 19.6 Å². The van der Waals surface area contributed by atoms with Gasteiger partial charge in [-0.15, -0.1) is 0 Å². The van der Waals surface area contributed by atoms with Gasteiger partial charge < -0.3 is 15.4 Å². The Kier molecular flexibility index (Phi) is 6.10. The number of nitrogens with one attached hydrogen (secondary N) is 2. The monoisotopic (exact) mass is 331 g/mol. The third-order valence-electron chi connectivity index (χ3n) is 5.22. The summed E-state index contributed by atoms with van der Waals surface area (Å²) in [7, 11) is 0. The van der Waals surface area contributed by atoms with Gasteiger partial charge >= 0.3 is 6.09 Å². The molecule has 1 aromatic carbocycles. The van der Waals surface area contributed by atoms with E-state index < -0.39 is 0 Å². The van der Waals surface area contributed by atoms with Crippen LogP contribution in [-0.4, -0.2) is 48.8 Å². The molecule has 1 heterocycles. The molecule has 132 valence electrons. The van der Waals surface area contributed by atoms with Crippen LogP contribution in [0.2, 0.25) is 0 Å². The zero-order valence-electron chi connectivity index (χ0n) is 14.5. The molecule has 0 spiro atoms. The van der Waals surface area contributed by atoms with Gasteiger partial charge in [0.25, 0.3) is 0 Å². The molecule has 1 aliphatic heterocycles. The largest absolute Gasteiger partial charge is 0.445 e. The summed E-state index contributed by atoms with van der Waals surface area (Å²) in [6.45, 7) is 6.03. The van der Waals surface area contributed by atoms with Gasteiger partial charge in [-0.05, 0) is 44.3 Å². The van der Waals surface area contributed by atoms with E-state index in [1.807, 2.05) is 30.3 Å². The maximum Gasteiger partial charge on any atom is 0.407 e. The lowest BCUT2D eigenvalue weighted by Gasteiger charge is -2.37. The highest BCUT2D eigenvalue weighted by atomic mass is 16.5. The Morgan fingerprint density at radius 3 is 2.79 bits per heavy atom. The molecule has 2 fully saturated rings. The van der Waals surface area contributed by atoms with Gasteiger partial charge in [0, 0.05) is 24.7 Å². The van der Waals surface area contributed by atoms with Crippen molar-refractivity contribution in [2.24, 2.45) is 0 Å². The quantitative estimate of drug-likeness (QED) is 0.806. The van der Waals surface area contributed by atoms with E-state index in [4.69, 9.17) is 4.74 Å². The Bertz CT molecular complexity index is 517. The van der Waals surface area contributed by atoms with E-state index in [9.17, 15) is 4.79 Å². The van der Waals surface area contributed by atoms with Gasteiger partial charge in [-0.2, -0.15) is 0 Å². The second kappa shape index (κ2) is 8.49. The molecule has 3 rings (SSSR count). The number of rotatable bonds is 7. The van der Waals surface area contributed by atoms with Gasteiger partial charge in [0.05, 0.1) is 0 Å². The number of hydrogen-bond donors (Lipinski definition) is 2. The van der Waals surface area contributed by atoms with Crippen LogP contribution in [0.5, 0.6) is 0 Å². The van der Waals surface area contributed by atoms with E-state index in [1.54, 1.807) is 0 Å². The first-order chi connectivity index (χ1) is 11.7. The lowest BCUT2D eigenvalue weighted by molar-refractivity contribution is 0.124. The van der Waals surface area contributed by atoms with Gasteiger partial charge in [-0.3, -0.25) is 4.90 Å². The van der Waals surface area contributed by atoms with Crippen LogP contribution in [0.1, 0.15) is 38.2 Å². The first kappa shape index (κ1) is 17.2. The molecule has 1 unspecified atom stereocenters. The third-order valence-corrected chi connectivity index (χ3v) is 5.22. The Labute approximate surface area is 144 Å². The average Bonchev–Trinajstić information content (AvgIpc) is 3.03. The van der Waals surface area contributed by atoms with Crippen molar-refractivity contribution in [3.8, 4) is 0 Å². The normalized spacial score (nSPS) is 26.8. The lowest BCUT2D eigenvalue weighted by atomic mass is 9.86. The molecule has 24 heavy (non-hydrogen) atoms. The molecule has 1 saturated carbocycles. The SMILES string of the molecule is CCN1CCCC1CNC1CC(NC(=O)OCc2ccccc2)C1. The van der Waals surface area contributed by atoms with Crippen molar-refractivity contribution in [2.45, 2.75) is 57.3 Å². The van der Waals surface area contributed by atoms with Crippen molar-refractivity contribution in [1.29, 1.82) is 0 Å². The van der Waals surface area contributed by atoms with Crippen LogP contribution in [0.25, 0.3) is 0 Å². The molecular weight excluding hydrogens is 302 g/mol. The van der Waals surface area contributed by atoms with E-state index in [0.29, 0.717) is 18.7 Å². The van der Waals surface area contributed by atoms with E-state index in [0.717, 1.165) is 31.5 Å². The zero-order valence-corrected chi connectivity index (χ0v) is 14.5. The van der Waals surface area contributed by atoms with Gasteiger partial charge in [-0.1, -0.05) is 37.3 Å². The lowest BCUT2D eigenvalue weighted by Crippen LogP contribution is -2.54. The molecule has 5 nitrogen and oxygen atoms in total. The van der Waals surface area contributed by atoms with E-state index >= 15 is 0 Å². The number of likely N-dealkylation sites (N-methyl/N-ethyl adjacent to an activating group) is 1. The number of nitrogens with zero attached hydrogens (tertiary/aromatic N) is 1. The highest BCUT2D eigenvalue weighted by Gasteiger charge is 2.32. The molecule has 5 heteroatoms. The number of hydrogen-bond acceptors (Lipinski definition) is 4. The summed E-state index contributed by atoms with van der Waals surface area (Å²) in [5, 5.41) is 6.61. The Balaban J connectivity index is 1.27. The molecule has 2 N–H and O–H groups in total. The predicted octanol–water partition coefficient (Wildman–Crippen LogP) is 2.52. The second-order valence-electron chi connectivity index (χ2n) is 6.90. The van der Waals surface area contributed by atoms with Crippen LogP contribution in [-0.2, 0) is 11.3 Å². The molecule has 0 radical (unpaired) electrons. The molecular formula is C19H29N3O2. The fourth-order valence-corrected chi connectivity index (χ4v) is 3.68. The van der Waals surface area contributed by atoms with Crippen molar-refractivity contribution in [3.05, 3.63) is 35.9 Å². The van der Waals surface area contributed by atoms with Crippen LogP contribution in [0.4, 0.5) is 4.79 Å². The highest BCUT2D eigenvalue weighted by molar-refractivity contribution is 5.67. The van der Waals surface area contributed by atoms with Crippen LogP contribution in [0, 0.1) is 0 Å². The molecule has 1 atom stereocenters. The van der Waals surface area contributed by atoms with Gasteiger partial charge in [-0.25, -0.2) is 4.79 Å². The number of carbonyl (C=O) groups is 1. The number of benzene rings is 1. The molecule has 0 bridgehead atoms. The maximum absolute atomic E-state index is 11.8. The van der Waals surface area contributed by atoms with Crippen molar-refractivity contribution in [1.82, 2.24) is 15.5 Å². The molecule has 2 aliphatic rings. The number of likely N-dealkylation sites (tertiary alicyclic amines) is 1. The van der Waals surface area contributed by atoms with Crippen LogP contribution in [0.3, 0.4) is 0 Å². The molecule has 1 saturated heterocycles. The summed E-state index contributed by atoms with van der Waals surface area (Å²) in [6.07, 6.45) is 4.32. The molecule has 1 aromatic rings. The smallest absolute Gasteiger partial charge is 0.407 e. The van der Waals surface area contributed by atoms with Crippen molar-refractivity contribution in [3.63, 3.8) is 0 Å². The first-order valence-electron chi connectivity index (χ1n) is 9.19. The van der Waals surface area contributed by atoms with Gasteiger partial charge in [0.1, 0.15) is 6.61 Å². The van der Waals surface area contributed by atoms with Gasteiger partial charge in [0.15, 0.2) is 0 Å². The van der Waals surface area contributed by atoms with Crippen LogP contribution >= 0.6 is 0 Å². The predicted molar refractivity (Wildman–Crippen MR) is 94.8 cm³/mol. The summed E-state index contributed by atoms with van der Waals surface area (Å²) >= 11 is 0. The first-order valence-corrected chi connectivity index (χ1v) is 9.19. The molecule has 0 aromatic heterocycles. The second-order valence-corrected chi connectivity index (χ2v) is 6.90. The van der Waals surface area contributed by atoms with Crippen molar-refractivity contribution < 1.29 is 9.53 Å². The van der Waals surface area contributed by atoms with Crippen LogP contribution < -0.4 is 10.6 Å². The number of alkyl carbamates (subject to hydrolysis) is 1. The summed E-state index contributed by atoms with van der Waals surface area (Å²) in [4.78, 5) is 14.4.